The van der Waals surface area contributed by atoms with Crippen LogP contribution in [0.15, 0.2) is 0 Å². The van der Waals surface area contributed by atoms with Gasteiger partial charge in [-0.1, -0.05) is 0 Å². The van der Waals surface area contributed by atoms with E-state index in [2.05, 4.69) is 17.6 Å². The van der Waals surface area contributed by atoms with Crippen LogP contribution in [-0.2, 0) is 14.6 Å². The first kappa shape index (κ1) is 14.2. The molecule has 2 saturated heterocycles. The van der Waals surface area contributed by atoms with Gasteiger partial charge >= 0.3 is 0 Å². The lowest BCUT2D eigenvalue weighted by atomic mass is 10.1. The smallest absolute Gasteiger partial charge is 0.150 e. The van der Waals surface area contributed by atoms with Crippen LogP contribution in [-0.4, -0.2) is 57.8 Å². The fourth-order valence-electron chi connectivity index (χ4n) is 2.72. The molecule has 0 bridgehead atoms. The van der Waals surface area contributed by atoms with Crippen LogP contribution in [0.1, 0.15) is 26.2 Å². The molecule has 0 spiro atoms. The van der Waals surface area contributed by atoms with Gasteiger partial charge in [-0.2, -0.15) is 0 Å². The van der Waals surface area contributed by atoms with Gasteiger partial charge in [-0.15, -0.1) is 0 Å². The Morgan fingerprint density at radius 1 is 1.39 bits per heavy atom. The molecule has 2 aliphatic heterocycles. The van der Waals surface area contributed by atoms with Crippen molar-refractivity contribution >= 4 is 9.84 Å². The molecule has 2 aliphatic rings. The SMILES string of the molecule is CC(CC1COCCN1)NC1CCS(=O)(=O)CC1. The quantitative estimate of drug-likeness (QED) is 0.752. The Morgan fingerprint density at radius 3 is 2.72 bits per heavy atom. The molecule has 2 unspecified atom stereocenters. The number of nitrogens with one attached hydrogen (secondary N) is 2. The third-order valence-corrected chi connectivity index (χ3v) is 5.43. The Bertz CT molecular complexity index is 338. The molecular formula is C12H24N2O3S. The number of morpholine rings is 1. The second kappa shape index (κ2) is 6.32. The molecule has 18 heavy (non-hydrogen) atoms. The van der Waals surface area contributed by atoms with Crippen molar-refractivity contribution in [1.82, 2.24) is 10.6 Å². The summed E-state index contributed by atoms with van der Waals surface area (Å²) < 4.78 is 28.1. The molecule has 6 heteroatoms. The Labute approximate surface area is 110 Å². The van der Waals surface area contributed by atoms with Gasteiger partial charge in [0.05, 0.1) is 24.7 Å². The predicted octanol–water partition coefficient (Wildman–Crippen LogP) is -0.0798. The highest BCUT2D eigenvalue weighted by molar-refractivity contribution is 7.91. The molecule has 0 aromatic rings. The van der Waals surface area contributed by atoms with Gasteiger partial charge in [0.25, 0.3) is 0 Å². The summed E-state index contributed by atoms with van der Waals surface area (Å²) in [5, 5.41) is 6.98. The topological polar surface area (TPSA) is 67.4 Å². The number of rotatable bonds is 4. The standard InChI is InChI=1S/C12H24N2O3S/c1-10(8-12-9-17-5-4-13-12)14-11-2-6-18(15,16)7-3-11/h10-14H,2-9H2,1H3. The zero-order chi connectivity index (χ0) is 13.0. The molecule has 0 aromatic carbocycles. The molecule has 2 rings (SSSR count). The second-order valence-corrected chi connectivity index (χ2v) is 7.76. The minimum Gasteiger partial charge on any atom is -0.379 e. The van der Waals surface area contributed by atoms with Crippen molar-refractivity contribution in [1.29, 1.82) is 0 Å². The van der Waals surface area contributed by atoms with E-state index in [1.54, 1.807) is 0 Å². The Hall–Kier alpha value is -0.170. The van der Waals surface area contributed by atoms with Crippen molar-refractivity contribution in [3.05, 3.63) is 0 Å². The van der Waals surface area contributed by atoms with Crippen LogP contribution in [0.2, 0.25) is 0 Å². The first-order chi connectivity index (χ1) is 8.55. The summed E-state index contributed by atoms with van der Waals surface area (Å²) in [7, 11) is -2.75. The minimum atomic E-state index is -2.75. The van der Waals surface area contributed by atoms with E-state index in [9.17, 15) is 8.42 Å². The van der Waals surface area contributed by atoms with E-state index in [4.69, 9.17) is 4.74 Å². The molecule has 0 amide bonds. The van der Waals surface area contributed by atoms with Crippen LogP contribution in [0.4, 0.5) is 0 Å². The van der Waals surface area contributed by atoms with Crippen LogP contribution in [0.3, 0.4) is 0 Å². The first-order valence-electron chi connectivity index (χ1n) is 6.83. The highest BCUT2D eigenvalue weighted by Gasteiger charge is 2.25. The summed E-state index contributed by atoms with van der Waals surface area (Å²) in [6, 6.07) is 1.18. The number of hydrogen-bond acceptors (Lipinski definition) is 5. The summed E-state index contributed by atoms with van der Waals surface area (Å²) in [6.45, 7) is 4.68. The zero-order valence-electron chi connectivity index (χ0n) is 11.0. The maximum atomic E-state index is 11.3. The van der Waals surface area contributed by atoms with Crippen molar-refractivity contribution in [2.75, 3.05) is 31.3 Å². The van der Waals surface area contributed by atoms with Crippen molar-refractivity contribution < 1.29 is 13.2 Å². The summed E-state index contributed by atoms with van der Waals surface area (Å²) in [5.41, 5.74) is 0. The normalized spacial score (nSPS) is 31.1. The summed E-state index contributed by atoms with van der Waals surface area (Å²) in [5.74, 6) is 0.671. The molecule has 0 radical (unpaired) electrons. The van der Waals surface area contributed by atoms with E-state index in [1.165, 1.54) is 0 Å². The molecular weight excluding hydrogens is 252 g/mol. The van der Waals surface area contributed by atoms with Gasteiger partial charge in [0.15, 0.2) is 0 Å². The Kier molecular flexibility index (Phi) is 5.00. The third kappa shape index (κ3) is 4.50. The third-order valence-electron chi connectivity index (χ3n) is 3.71. The average molecular weight is 276 g/mol. The van der Waals surface area contributed by atoms with Gasteiger partial charge in [-0.3, -0.25) is 0 Å². The van der Waals surface area contributed by atoms with E-state index >= 15 is 0 Å². The van der Waals surface area contributed by atoms with Crippen molar-refractivity contribution in [2.24, 2.45) is 0 Å². The van der Waals surface area contributed by atoms with Crippen LogP contribution in [0, 0.1) is 0 Å². The fourth-order valence-corrected chi connectivity index (χ4v) is 4.22. The fraction of sp³-hybridized carbons (Fsp3) is 1.00. The van der Waals surface area contributed by atoms with E-state index in [0.717, 1.165) is 39.0 Å². The lowest BCUT2D eigenvalue weighted by molar-refractivity contribution is 0.0707. The largest absolute Gasteiger partial charge is 0.379 e. The molecule has 2 N–H and O–H groups in total. The van der Waals surface area contributed by atoms with Gasteiger partial charge in [0.1, 0.15) is 9.84 Å². The summed E-state index contributed by atoms with van der Waals surface area (Å²) in [6.07, 6.45) is 2.53. The van der Waals surface area contributed by atoms with E-state index in [0.29, 0.717) is 29.6 Å². The highest BCUT2D eigenvalue weighted by atomic mass is 32.2. The molecule has 5 nitrogen and oxygen atoms in total. The molecule has 2 fully saturated rings. The van der Waals surface area contributed by atoms with Gasteiger partial charge in [0.2, 0.25) is 0 Å². The maximum Gasteiger partial charge on any atom is 0.150 e. The Balaban J connectivity index is 1.69. The lowest BCUT2D eigenvalue weighted by Crippen LogP contribution is -2.48. The zero-order valence-corrected chi connectivity index (χ0v) is 11.8. The molecule has 0 aromatic heterocycles. The monoisotopic (exact) mass is 276 g/mol. The van der Waals surface area contributed by atoms with Crippen molar-refractivity contribution in [3.63, 3.8) is 0 Å². The highest BCUT2D eigenvalue weighted by Crippen LogP contribution is 2.14. The van der Waals surface area contributed by atoms with Gasteiger partial charge in [0, 0.05) is 24.7 Å². The number of ether oxygens (including phenoxy) is 1. The molecule has 106 valence electrons. The molecule has 0 saturated carbocycles. The van der Waals surface area contributed by atoms with Crippen LogP contribution >= 0.6 is 0 Å². The lowest BCUT2D eigenvalue weighted by Gasteiger charge is -2.30. The Morgan fingerprint density at radius 2 is 2.11 bits per heavy atom. The van der Waals surface area contributed by atoms with Gasteiger partial charge < -0.3 is 15.4 Å². The van der Waals surface area contributed by atoms with Crippen LogP contribution < -0.4 is 10.6 Å². The van der Waals surface area contributed by atoms with Crippen molar-refractivity contribution in [2.45, 2.75) is 44.3 Å². The average Bonchev–Trinajstić information content (AvgIpc) is 2.33. The summed E-state index contributed by atoms with van der Waals surface area (Å²) >= 11 is 0. The maximum absolute atomic E-state index is 11.3. The van der Waals surface area contributed by atoms with E-state index in [1.807, 2.05) is 0 Å². The molecule has 0 aliphatic carbocycles. The first-order valence-corrected chi connectivity index (χ1v) is 8.65. The van der Waals surface area contributed by atoms with Crippen LogP contribution in [0.5, 0.6) is 0 Å². The molecule has 2 atom stereocenters. The van der Waals surface area contributed by atoms with Gasteiger partial charge in [-0.25, -0.2) is 8.42 Å². The van der Waals surface area contributed by atoms with Crippen LogP contribution in [0.25, 0.3) is 0 Å². The van der Waals surface area contributed by atoms with E-state index < -0.39 is 9.84 Å². The minimum absolute atomic E-state index is 0.335. The van der Waals surface area contributed by atoms with Crippen molar-refractivity contribution in [3.8, 4) is 0 Å². The second-order valence-electron chi connectivity index (χ2n) is 5.46. The van der Waals surface area contributed by atoms with E-state index in [-0.39, 0.29) is 0 Å². The number of sulfone groups is 1. The number of hydrogen-bond donors (Lipinski definition) is 2. The predicted molar refractivity (Wildman–Crippen MR) is 71.5 cm³/mol. The molecule has 2 heterocycles. The summed E-state index contributed by atoms with van der Waals surface area (Å²) in [4.78, 5) is 0. The van der Waals surface area contributed by atoms with Gasteiger partial charge in [-0.05, 0) is 26.2 Å².